The van der Waals surface area contributed by atoms with Gasteiger partial charge in [0.2, 0.25) is 0 Å². The molecule has 0 saturated heterocycles. The van der Waals surface area contributed by atoms with Gasteiger partial charge in [0.1, 0.15) is 5.82 Å². The Morgan fingerprint density at radius 3 is 2.50 bits per heavy atom. The average molecular weight is 247 g/mol. The van der Waals surface area contributed by atoms with Crippen LogP contribution in [-0.4, -0.2) is 6.21 Å². The van der Waals surface area contributed by atoms with Crippen molar-refractivity contribution in [3.8, 4) is 0 Å². The number of aliphatic imine (C=N–C) groups is 1. The lowest BCUT2D eigenvalue weighted by atomic mass is 10.1. The summed E-state index contributed by atoms with van der Waals surface area (Å²) in [6.07, 6.45) is 5.74. The van der Waals surface area contributed by atoms with Gasteiger partial charge in [-0.25, -0.2) is 4.39 Å². The number of halogens is 1. The van der Waals surface area contributed by atoms with Gasteiger partial charge in [-0.1, -0.05) is 51.6 Å². The number of nitrogens with zero attached hydrogens (tertiary/aromatic N) is 1. The Morgan fingerprint density at radius 1 is 1.39 bits per heavy atom. The van der Waals surface area contributed by atoms with Crippen LogP contribution in [0.15, 0.2) is 41.9 Å². The SMILES string of the molecule is C=CC=N/C(=C\C)c1ccc(CC)c(F)c1.CC. The van der Waals surface area contributed by atoms with Crippen LogP contribution in [0.25, 0.3) is 5.70 Å². The van der Waals surface area contributed by atoms with Crippen LogP contribution in [0.2, 0.25) is 0 Å². The molecule has 0 atom stereocenters. The summed E-state index contributed by atoms with van der Waals surface area (Å²) in [5.74, 6) is -0.173. The van der Waals surface area contributed by atoms with Crippen molar-refractivity contribution in [1.29, 1.82) is 0 Å². The molecule has 1 rings (SSSR count). The molecule has 1 aromatic rings. The van der Waals surface area contributed by atoms with E-state index >= 15 is 0 Å². The van der Waals surface area contributed by atoms with Crippen LogP contribution in [0.4, 0.5) is 4.39 Å². The zero-order valence-electron chi connectivity index (χ0n) is 11.7. The Hall–Kier alpha value is -1.70. The van der Waals surface area contributed by atoms with E-state index < -0.39 is 0 Å². The standard InChI is InChI=1S/C14H16FN.C2H6/c1-4-9-16-14(6-3)12-8-7-11(5-2)13(15)10-12;1-2/h4,6-10H,1,5H2,2-3H3;1-2H3/b14-6-,16-9?;. The van der Waals surface area contributed by atoms with E-state index in [1.165, 1.54) is 6.07 Å². The molecule has 0 aliphatic rings. The molecule has 2 heteroatoms. The third-order valence-electron chi connectivity index (χ3n) is 2.32. The normalized spacial score (nSPS) is 11.1. The fourth-order valence-corrected chi connectivity index (χ4v) is 1.44. The zero-order chi connectivity index (χ0) is 14.0. The molecule has 0 unspecified atom stereocenters. The maximum Gasteiger partial charge on any atom is 0.127 e. The summed E-state index contributed by atoms with van der Waals surface area (Å²) in [6, 6.07) is 5.21. The molecule has 98 valence electrons. The molecule has 0 amide bonds. The molecule has 0 aliphatic carbocycles. The summed E-state index contributed by atoms with van der Waals surface area (Å²) in [5, 5.41) is 0. The molecule has 18 heavy (non-hydrogen) atoms. The smallest absolute Gasteiger partial charge is 0.127 e. The van der Waals surface area contributed by atoms with Crippen molar-refractivity contribution in [3.05, 3.63) is 53.9 Å². The number of hydrogen-bond acceptors (Lipinski definition) is 1. The predicted molar refractivity (Wildman–Crippen MR) is 79.5 cm³/mol. The Morgan fingerprint density at radius 2 is 2.06 bits per heavy atom. The molecule has 0 bridgehead atoms. The van der Waals surface area contributed by atoms with Gasteiger partial charge >= 0.3 is 0 Å². The van der Waals surface area contributed by atoms with Crippen molar-refractivity contribution in [2.45, 2.75) is 34.1 Å². The minimum Gasteiger partial charge on any atom is -0.257 e. The third kappa shape index (κ3) is 4.66. The summed E-state index contributed by atoms with van der Waals surface area (Å²) < 4.78 is 13.6. The van der Waals surface area contributed by atoms with Crippen LogP contribution >= 0.6 is 0 Å². The van der Waals surface area contributed by atoms with E-state index in [1.54, 1.807) is 18.4 Å². The average Bonchev–Trinajstić information content (AvgIpc) is 2.42. The first-order chi connectivity index (χ1) is 8.72. The van der Waals surface area contributed by atoms with Gasteiger partial charge < -0.3 is 0 Å². The topological polar surface area (TPSA) is 12.4 Å². The summed E-state index contributed by atoms with van der Waals surface area (Å²) in [4.78, 5) is 4.18. The highest BCUT2D eigenvalue weighted by molar-refractivity contribution is 5.79. The first kappa shape index (κ1) is 16.3. The quantitative estimate of drug-likeness (QED) is 0.661. The van der Waals surface area contributed by atoms with Crippen LogP contribution in [0, 0.1) is 5.82 Å². The number of hydrogen-bond donors (Lipinski definition) is 0. The van der Waals surface area contributed by atoms with Crippen molar-refractivity contribution in [2.75, 3.05) is 0 Å². The highest BCUT2D eigenvalue weighted by Crippen LogP contribution is 2.19. The second-order valence-corrected chi connectivity index (χ2v) is 3.35. The maximum absolute atomic E-state index is 13.6. The number of benzene rings is 1. The molecule has 0 heterocycles. The van der Waals surface area contributed by atoms with E-state index in [-0.39, 0.29) is 5.82 Å². The molecule has 0 N–H and O–H groups in total. The molecule has 0 saturated carbocycles. The molecule has 1 aromatic carbocycles. The summed E-state index contributed by atoms with van der Waals surface area (Å²) in [6.45, 7) is 11.4. The largest absolute Gasteiger partial charge is 0.257 e. The molecular weight excluding hydrogens is 225 g/mol. The van der Waals surface area contributed by atoms with Crippen molar-refractivity contribution in [1.82, 2.24) is 0 Å². The second-order valence-electron chi connectivity index (χ2n) is 3.35. The highest BCUT2D eigenvalue weighted by atomic mass is 19.1. The number of aryl methyl sites for hydroxylation is 1. The van der Waals surface area contributed by atoms with Gasteiger partial charge in [0.05, 0.1) is 5.70 Å². The van der Waals surface area contributed by atoms with Gasteiger partial charge in [0.25, 0.3) is 0 Å². The summed E-state index contributed by atoms with van der Waals surface area (Å²) in [7, 11) is 0. The minimum absolute atomic E-state index is 0.173. The van der Waals surface area contributed by atoms with Gasteiger partial charge in [0.15, 0.2) is 0 Å². The fraction of sp³-hybridized carbons (Fsp3) is 0.312. The number of rotatable bonds is 4. The van der Waals surface area contributed by atoms with Crippen LogP contribution in [0.1, 0.15) is 38.8 Å². The Bertz CT molecular complexity index is 431. The van der Waals surface area contributed by atoms with Gasteiger partial charge in [0, 0.05) is 11.8 Å². The van der Waals surface area contributed by atoms with E-state index in [2.05, 4.69) is 11.6 Å². The van der Waals surface area contributed by atoms with E-state index in [4.69, 9.17) is 0 Å². The van der Waals surface area contributed by atoms with Crippen molar-refractivity contribution >= 4 is 11.9 Å². The molecule has 0 aliphatic heterocycles. The number of allylic oxidation sites excluding steroid dienone is 2. The molecule has 0 aromatic heterocycles. The van der Waals surface area contributed by atoms with Crippen molar-refractivity contribution < 1.29 is 4.39 Å². The van der Waals surface area contributed by atoms with Gasteiger partial charge in [-0.05, 0) is 25.0 Å². The monoisotopic (exact) mass is 247 g/mol. The third-order valence-corrected chi connectivity index (χ3v) is 2.32. The minimum atomic E-state index is -0.173. The van der Waals surface area contributed by atoms with E-state index in [9.17, 15) is 4.39 Å². The Kier molecular flexibility index (Phi) is 8.46. The predicted octanol–water partition coefficient (Wildman–Crippen LogP) is 5.03. The van der Waals surface area contributed by atoms with Crippen molar-refractivity contribution in [3.63, 3.8) is 0 Å². The maximum atomic E-state index is 13.6. The van der Waals surface area contributed by atoms with E-state index in [0.717, 1.165) is 16.8 Å². The van der Waals surface area contributed by atoms with Crippen LogP contribution in [0.5, 0.6) is 0 Å². The first-order valence-electron chi connectivity index (χ1n) is 6.33. The Balaban J connectivity index is 0.00000137. The lowest BCUT2D eigenvalue weighted by molar-refractivity contribution is 0.611. The summed E-state index contributed by atoms with van der Waals surface area (Å²) >= 11 is 0. The van der Waals surface area contributed by atoms with E-state index in [0.29, 0.717) is 6.42 Å². The molecule has 0 fully saturated rings. The van der Waals surface area contributed by atoms with Gasteiger partial charge in [-0.15, -0.1) is 0 Å². The van der Waals surface area contributed by atoms with Crippen LogP contribution < -0.4 is 0 Å². The van der Waals surface area contributed by atoms with Gasteiger partial charge in [-0.3, -0.25) is 4.99 Å². The molecule has 0 spiro atoms. The molecule has 0 radical (unpaired) electrons. The first-order valence-corrected chi connectivity index (χ1v) is 6.33. The highest BCUT2D eigenvalue weighted by Gasteiger charge is 2.04. The summed E-state index contributed by atoms with van der Waals surface area (Å²) in [5.41, 5.74) is 2.27. The van der Waals surface area contributed by atoms with Crippen LogP contribution in [0.3, 0.4) is 0 Å². The second kappa shape index (κ2) is 9.34. The van der Waals surface area contributed by atoms with Crippen molar-refractivity contribution in [2.24, 2.45) is 4.99 Å². The Labute approximate surface area is 110 Å². The lowest BCUT2D eigenvalue weighted by Gasteiger charge is -2.04. The van der Waals surface area contributed by atoms with E-state index in [1.807, 2.05) is 39.8 Å². The van der Waals surface area contributed by atoms with Gasteiger partial charge in [-0.2, -0.15) is 0 Å². The molecule has 1 nitrogen and oxygen atoms in total. The molecular formula is C16H22FN. The zero-order valence-corrected chi connectivity index (χ0v) is 11.7. The fourth-order valence-electron chi connectivity index (χ4n) is 1.44. The van der Waals surface area contributed by atoms with Crippen LogP contribution in [-0.2, 0) is 6.42 Å². The lowest BCUT2D eigenvalue weighted by Crippen LogP contribution is -1.90.